The largest absolute Gasteiger partial charge is 0.659 e. The van der Waals surface area contributed by atoms with Gasteiger partial charge in [-0.25, -0.2) is 0 Å². The van der Waals surface area contributed by atoms with Gasteiger partial charge in [-0.1, -0.05) is 32.1 Å². The topological polar surface area (TPSA) is 51.5 Å². The maximum atomic E-state index is 12.3. The molecule has 0 aromatic heterocycles. The molecule has 1 radical (unpaired) electrons. The summed E-state index contributed by atoms with van der Waals surface area (Å²) in [5.41, 5.74) is 0. The van der Waals surface area contributed by atoms with Gasteiger partial charge in [0.2, 0.25) is 5.91 Å². The number of piperazine rings is 1. The van der Waals surface area contributed by atoms with E-state index in [1.54, 1.807) is 0 Å². The van der Waals surface area contributed by atoms with Crippen LogP contribution < -0.4 is 0 Å². The van der Waals surface area contributed by atoms with E-state index in [-0.39, 0.29) is 71.4 Å². The Balaban J connectivity index is 0.00000220. The first kappa shape index (κ1) is 22.8. The Labute approximate surface area is 174 Å². The molecule has 6 heteroatoms. The van der Waals surface area contributed by atoms with Gasteiger partial charge in [0.25, 0.3) is 0 Å². The van der Waals surface area contributed by atoms with Crippen molar-refractivity contribution in [2.24, 2.45) is 11.8 Å². The Morgan fingerprint density at radius 2 is 1.73 bits per heavy atom. The Bertz CT molecular complexity index is 343. The molecule has 1 saturated carbocycles. The van der Waals surface area contributed by atoms with E-state index < -0.39 is 0 Å². The van der Waals surface area contributed by atoms with Crippen LogP contribution in [0.2, 0.25) is 0 Å². The number of hydrogen-bond donors (Lipinski definition) is 0. The van der Waals surface area contributed by atoms with Crippen LogP contribution in [0.25, 0.3) is 5.32 Å². The number of Topliss-reactive ketones (excluding diaryl/α,β-unsaturated/α-hetero) is 1. The van der Waals surface area contributed by atoms with Gasteiger partial charge in [-0.2, -0.15) is 0 Å². The number of hydrogen-bond acceptors (Lipinski definition) is 2. The fraction of sp³-hybridized carbons (Fsp3) is 0.812. The maximum absolute atomic E-state index is 12.3. The van der Waals surface area contributed by atoms with Gasteiger partial charge in [0, 0.05) is 73.3 Å². The molecule has 1 atom stereocenters. The zero-order valence-electron chi connectivity index (χ0n) is 13.3. The van der Waals surface area contributed by atoms with Crippen LogP contribution in [0.1, 0.15) is 44.9 Å². The van der Waals surface area contributed by atoms with Crippen LogP contribution in [0.15, 0.2) is 0 Å². The summed E-state index contributed by atoms with van der Waals surface area (Å²) in [7, 11) is 0. The number of ketones is 1. The average molecular weight is 551 g/mol. The molecule has 1 saturated heterocycles. The minimum atomic E-state index is -0.176. The van der Waals surface area contributed by atoms with Crippen LogP contribution in [0, 0.1) is 18.8 Å². The molecule has 22 heavy (non-hydrogen) atoms. The minimum absolute atomic E-state index is 0. The quantitative estimate of drug-likeness (QED) is 0.494. The second-order valence-electron chi connectivity index (χ2n) is 6.16. The molecule has 2 fully saturated rings. The molecule has 0 aromatic carbocycles. The molecular formula is C16H26N2O2WY-2. The second-order valence-corrected chi connectivity index (χ2v) is 6.16. The maximum Gasteiger partial charge on any atom is 0.223 e. The molecule has 2 aliphatic rings. The number of carbonyl (C=O) groups is 2. The first-order chi connectivity index (χ1) is 9.66. The summed E-state index contributed by atoms with van der Waals surface area (Å²) in [5, 5.41) is 4.24. The van der Waals surface area contributed by atoms with Crippen LogP contribution >= 0.6 is 0 Å². The van der Waals surface area contributed by atoms with E-state index in [0.29, 0.717) is 25.4 Å². The average Bonchev–Trinajstić information content (AvgIpc) is 2.48. The minimum Gasteiger partial charge on any atom is -0.659 e. The third-order valence-corrected chi connectivity index (χ3v) is 4.63. The van der Waals surface area contributed by atoms with Gasteiger partial charge in [-0.15, -0.1) is 13.1 Å². The summed E-state index contributed by atoms with van der Waals surface area (Å²) >= 11 is 0. The number of carbonyl (C=O) groups excluding carboxylic acids is 2. The molecule has 2 rings (SSSR count). The van der Waals surface area contributed by atoms with Gasteiger partial charge in [-0.3, -0.25) is 4.79 Å². The van der Waals surface area contributed by atoms with Crippen LogP contribution in [-0.2, 0) is 63.4 Å². The van der Waals surface area contributed by atoms with Gasteiger partial charge in [-0.05, 0) is 24.0 Å². The number of amides is 1. The SMILES string of the molecule is [CH2-]C(=O)[C@@H](CC(=O)N1CC[N-]CC1)CC1CCCCC1.[W].[Y]. The first-order valence-electron chi connectivity index (χ1n) is 7.93. The van der Waals surface area contributed by atoms with Crippen LogP contribution in [0.3, 0.4) is 0 Å². The van der Waals surface area contributed by atoms with Crippen LogP contribution in [0.4, 0.5) is 0 Å². The summed E-state index contributed by atoms with van der Waals surface area (Å²) in [6, 6.07) is 0. The first-order valence-corrected chi connectivity index (χ1v) is 7.93. The van der Waals surface area contributed by atoms with Gasteiger partial charge in [0.05, 0.1) is 0 Å². The van der Waals surface area contributed by atoms with Gasteiger partial charge in [0.15, 0.2) is 0 Å². The number of nitrogens with zero attached hydrogens (tertiary/aromatic N) is 2. The van der Waals surface area contributed by atoms with Crippen molar-refractivity contribution in [3.05, 3.63) is 12.2 Å². The third kappa shape index (κ3) is 7.55. The Kier molecular flexibility index (Phi) is 12.6. The fourth-order valence-electron chi connectivity index (χ4n) is 3.35. The Morgan fingerprint density at radius 3 is 2.27 bits per heavy atom. The number of rotatable bonds is 5. The van der Waals surface area contributed by atoms with Crippen molar-refractivity contribution < 1.29 is 63.4 Å². The Hall–Kier alpha value is 0.762. The van der Waals surface area contributed by atoms with Crippen LogP contribution in [-0.4, -0.2) is 42.8 Å². The molecule has 1 aliphatic heterocycles. The molecule has 0 N–H and O–H groups in total. The van der Waals surface area contributed by atoms with Gasteiger partial charge >= 0.3 is 0 Å². The predicted molar refractivity (Wildman–Crippen MR) is 79.3 cm³/mol. The van der Waals surface area contributed by atoms with E-state index >= 15 is 0 Å². The summed E-state index contributed by atoms with van der Waals surface area (Å²) in [6.45, 7) is 6.46. The molecular weight excluding hydrogens is 525 g/mol. The van der Waals surface area contributed by atoms with Crippen LogP contribution in [0.5, 0.6) is 0 Å². The van der Waals surface area contributed by atoms with Crippen molar-refractivity contribution in [2.45, 2.75) is 44.9 Å². The molecule has 0 aromatic rings. The molecule has 1 aliphatic carbocycles. The fourth-order valence-corrected chi connectivity index (χ4v) is 3.35. The Morgan fingerprint density at radius 1 is 1.14 bits per heavy atom. The molecule has 0 bridgehead atoms. The second kappa shape index (κ2) is 12.2. The molecule has 0 spiro atoms. The molecule has 1 heterocycles. The smallest absolute Gasteiger partial charge is 0.223 e. The third-order valence-electron chi connectivity index (χ3n) is 4.63. The molecule has 0 unspecified atom stereocenters. The van der Waals surface area contributed by atoms with E-state index in [4.69, 9.17) is 0 Å². The van der Waals surface area contributed by atoms with Crippen molar-refractivity contribution in [3.63, 3.8) is 0 Å². The van der Waals surface area contributed by atoms with E-state index in [2.05, 4.69) is 12.2 Å². The van der Waals surface area contributed by atoms with Crippen molar-refractivity contribution in [3.8, 4) is 0 Å². The van der Waals surface area contributed by atoms with E-state index in [1.807, 2.05) is 4.90 Å². The van der Waals surface area contributed by atoms with Gasteiger partial charge < -0.3 is 21.9 Å². The van der Waals surface area contributed by atoms with Crippen molar-refractivity contribution in [1.29, 1.82) is 0 Å². The molecule has 123 valence electrons. The zero-order chi connectivity index (χ0) is 14.4. The molecule has 4 nitrogen and oxygen atoms in total. The van der Waals surface area contributed by atoms with E-state index in [9.17, 15) is 9.59 Å². The summed E-state index contributed by atoms with van der Waals surface area (Å²) in [6.07, 6.45) is 7.47. The van der Waals surface area contributed by atoms with Gasteiger partial charge in [0.1, 0.15) is 0 Å². The summed E-state index contributed by atoms with van der Waals surface area (Å²) < 4.78 is 0. The van der Waals surface area contributed by atoms with E-state index in [1.165, 1.54) is 32.1 Å². The standard InChI is InChI=1S/C16H26N2O2.W.Y/c1-13(19)15(11-14-5-3-2-4-6-14)12-16(20)18-9-7-17-8-10-18;;/h14-15H,1-12H2;;/q-2;;/t15-;;/m1../s1. The van der Waals surface area contributed by atoms with Crippen molar-refractivity contribution in [1.82, 2.24) is 4.90 Å². The van der Waals surface area contributed by atoms with Crippen molar-refractivity contribution >= 4 is 11.7 Å². The summed E-state index contributed by atoms with van der Waals surface area (Å²) in [4.78, 5) is 25.8. The molecule has 1 amide bonds. The normalized spacial score (nSPS) is 20.5. The summed E-state index contributed by atoms with van der Waals surface area (Å²) in [5.74, 6) is 0.483. The zero-order valence-corrected chi connectivity index (χ0v) is 19.1. The van der Waals surface area contributed by atoms with Crippen molar-refractivity contribution in [2.75, 3.05) is 26.2 Å². The predicted octanol–water partition coefficient (Wildman–Crippen LogP) is 2.58. The monoisotopic (exact) mass is 551 g/mol. The van der Waals surface area contributed by atoms with E-state index in [0.717, 1.165) is 19.5 Å².